The molecule has 0 aromatic carbocycles. The van der Waals surface area contributed by atoms with Gasteiger partial charge in [-0.1, -0.05) is 15.9 Å². The van der Waals surface area contributed by atoms with Gasteiger partial charge in [-0.2, -0.15) is 0 Å². The molecule has 0 spiro atoms. The maximum Gasteiger partial charge on any atom is 0.308 e. The van der Waals surface area contributed by atoms with Crippen LogP contribution >= 0.6 is 27.5 Å². The van der Waals surface area contributed by atoms with Crippen LogP contribution in [-0.4, -0.2) is 22.2 Å². The molecule has 0 saturated carbocycles. The summed E-state index contributed by atoms with van der Waals surface area (Å²) in [5.74, 6) is 0.240. The van der Waals surface area contributed by atoms with E-state index in [0.29, 0.717) is 0 Å². The Balaban J connectivity index is 2.99. The van der Waals surface area contributed by atoms with Crippen LogP contribution in [0.3, 0.4) is 0 Å². The molecule has 0 radical (unpaired) electrons. The van der Waals surface area contributed by atoms with E-state index < -0.39 is 10.3 Å². The average molecular weight is 268 g/mol. The lowest BCUT2D eigenvalue weighted by atomic mass is 10.1. The Morgan fingerprint density at radius 3 is 2.77 bits per heavy atom. The molecule has 72 valence electrons. The fraction of sp³-hybridized carbons (Fsp3) is 0.429. The number of hydrogen-bond acceptors (Lipinski definition) is 3. The van der Waals surface area contributed by atoms with Gasteiger partial charge < -0.3 is 4.74 Å². The molecule has 0 N–H and O–H groups in total. The summed E-state index contributed by atoms with van der Waals surface area (Å²) in [6.07, 6.45) is 2.94. The topological polar surface area (TPSA) is 52.4 Å². The number of allylic oxidation sites excluding steroid dienone is 2. The third kappa shape index (κ3) is 2.22. The first-order valence-electron chi connectivity index (χ1n) is 3.46. The molecule has 0 saturated heterocycles. The highest BCUT2D eigenvalue weighted by molar-refractivity contribution is 9.09. The molecular formula is C7H7BrClNO3. The summed E-state index contributed by atoms with van der Waals surface area (Å²) in [6, 6.07) is 0. The number of alkyl halides is 2. The van der Waals surface area contributed by atoms with Gasteiger partial charge in [0.25, 0.3) is 0 Å². The number of rotatable bonds is 2. The van der Waals surface area contributed by atoms with E-state index in [4.69, 9.17) is 16.3 Å². The van der Waals surface area contributed by atoms with Gasteiger partial charge in [0.1, 0.15) is 0 Å². The van der Waals surface area contributed by atoms with E-state index in [0.717, 1.165) is 0 Å². The van der Waals surface area contributed by atoms with Crippen molar-refractivity contribution in [2.24, 2.45) is 0 Å². The van der Waals surface area contributed by atoms with Crippen molar-refractivity contribution in [1.82, 2.24) is 0 Å². The Bertz CT molecular complexity index is 289. The molecule has 6 heteroatoms. The largest absolute Gasteiger partial charge is 0.490 e. The van der Waals surface area contributed by atoms with Crippen molar-refractivity contribution < 1.29 is 9.66 Å². The van der Waals surface area contributed by atoms with E-state index in [1.165, 1.54) is 13.2 Å². The van der Waals surface area contributed by atoms with Crippen LogP contribution in [0, 0.1) is 10.1 Å². The van der Waals surface area contributed by atoms with Gasteiger partial charge in [-0.05, 0) is 6.08 Å². The first kappa shape index (κ1) is 10.5. The SMILES string of the molecule is COC1=CC(Br)C(Cl)C=C1[N+](=O)[O-]. The van der Waals surface area contributed by atoms with Gasteiger partial charge in [0, 0.05) is 6.08 Å². The van der Waals surface area contributed by atoms with E-state index in [1.54, 1.807) is 6.08 Å². The van der Waals surface area contributed by atoms with Crippen molar-refractivity contribution in [2.75, 3.05) is 7.11 Å². The minimum Gasteiger partial charge on any atom is -0.490 e. The molecule has 0 aromatic rings. The minimum absolute atomic E-state index is 0.0850. The number of halogens is 2. The molecule has 0 amide bonds. The molecule has 1 aliphatic carbocycles. The zero-order valence-electron chi connectivity index (χ0n) is 6.74. The summed E-state index contributed by atoms with van der Waals surface area (Å²) in [6.45, 7) is 0. The highest BCUT2D eigenvalue weighted by Crippen LogP contribution is 2.27. The summed E-state index contributed by atoms with van der Waals surface area (Å²) in [5, 5.41) is 10.1. The predicted molar refractivity (Wildman–Crippen MR) is 52.5 cm³/mol. The highest BCUT2D eigenvalue weighted by atomic mass is 79.9. The summed E-state index contributed by atoms with van der Waals surface area (Å²) in [7, 11) is 1.39. The highest BCUT2D eigenvalue weighted by Gasteiger charge is 2.29. The zero-order valence-corrected chi connectivity index (χ0v) is 9.08. The second kappa shape index (κ2) is 4.11. The Hall–Kier alpha value is -0.550. The molecule has 13 heavy (non-hydrogen) atoms. The smallest absolute Gasteiger partial charge is 0.308 e. The summed E-state index contributed by atoms with van der Waals surface area (Å²) in [4.78, 5) is 9.88. The predicted octanol–water partition coefficient (Wildman–Crippen LogP) is 2.06. The second-order valence-electron chi connectivity index (χ2n) is 2.43. The molecule has 0 aliphatic heterocycles. The van der Waals surface area contributed by atoms with E-state index in [-0.39, 0.29) is 16.3 Å². The van der Waals surface area contributed by atoms with Crippen LogP contribution in [-0.2, 0) is 4.74 Å². The molecule has 2 unspecified atom stereocenters. The van der Waals surface area contributed by atoms with Crippen molar-refractivity contribution in [3.8, 4) is 0 Å². The van der Waals surface area contributed by atoms with Crippen molar-refractivity contribution in [3.05, 3.63) is 33.7 Å². The Morgan fingerprint density at radius 2 is 2.31 bits per heavy atom. The molecular weight excluding hydrogens is 261 g/mol. The maximum atomic E-state index is 10.5. The molecule has 1 rings (SSSR count). The lowest BCUT2D eigenvalue weighted by Crippen LogP contribution is -2.19. The third-order valence-electron chi connectivity index (χ3n) is 1.60. The number of methoxy groups -OCH3 is 1. The number of ether oxygens (including phenoxy) is 1. The fourth-order valence-corrected chi connectivity index (χ4v) is 1.55. The molecule has 0 bridgehead atoms. The van der Waals surface area contributed by atoms with Crippen LogP contribution < -0.4 is 0 Å². The first-order valence-corrected chi connectivity index (χ1v) is 4.82. The average Bonchev–Trinajstić information content (AvgIpc) is 2.08. The van der Waals surface area contributed by atoms with Gasteiger partial charge >= 0.3 is 5.70 Å². The standard InChI is InChI=1S/C7H7BrClNO3/c1-13-7-2-4(8)5(9)3-6(7)10(11)12/h2-5H,1H3. The molecule has 0 heterocycles. The van der Waals surface area contributed by atoms with Gasteiger partial charge in [-0.3, -0.25) is 10.1 Å². The Morgan fingerprint density at radius 1 is 1.69 bits per heavy atom. The molecule has 0 aromatic heterocycles. The summed E-state index contributed by atoms with van der Waals surface area (Å²) < 4.78 is 4.85. The van der Waals surface area contributed by atoms with E-state index in [1.807, 2.05) is 0 Å². The molecule has 2 atom stereocenters. The lowest BCUT2D eigenvalue weighted by molar-refractivity contribution is -0.424. The van der Waals surface area contributed by atoms with Crippen LogP contribution in [0.2, 0.25) is 0 Å². The van der Waals surface area contributed by atoms with Crippen molar-refractivity contribution in [2.45, 2.75) is 10.2 Å². The van der Waals surface area contributed by atoms with Crippen LogP contribution in [0.5, 0.6) is 0 Å². The summed E-state index contributed by atoms with van der Waals surface area (Å²) >= 11 is 9.06. The van der Waals surface area contributed by atoms with E-state index in [9.17, 15) is 10.1 Å². The van der Waals surface area contributed by atoms with Gasteiger partial charge in [0.05, 0.1) is 22.2 Å². The van der Waals surface area contributed by atoms with E-state index >= 15 is 0 Å². The van der Waals surface area contributed by atoms with Crippen LogP contribution in [0.15, 0.2) is 23.6 Å². The van der Waals surface area contributed by atoms with Crippen molar-refractivity contribution >= 4 is 27.5 Å². The van der Waals surface area contributed by atoms with Gasteiger partial charge in [0.2, 0.25) is 0 Å². The lowest BCUT2D eigenvalue weighted by Gasteiger charge is -2.15. The molecule has 4 nitrogen and oxygen atoms in total. The van der Waals surface area contributed by atoms with Gasteiger partial charge in [-0.15, -0.1) is 11.6 Å². The normalized spacial score (nSPS) is 27.6. The molecule has 1 aliphatic rings. The van der Waals surface area contributed by atoms with Gasteiger partial charge in [0.15, 0.2) is 5.76 Å². The van der Waals surface area contributed by atoms with Gasteiger partial charge in [-0.25, -0.2) is 0 Å². The van der Waals surface area contributed by atoms with Crippen LogP contribution in [0.4, 0.5) is 0 Å². The second-order valence-corrected chi connectivity index (χ2v) is 3.99. The Kier molecular flexibility index (Phi) is 3.33. The quantitative estimate of drug-likeness (QED) is 0.437. The monoisotopic (exact) mass is 267 g/mol. The fourth-order valence-electron chi connectivity index (χ4n) is 0.970. The zero-order chi connectivity index (χ0) is 10.0. The maximum absolute atomic E-state index is 10.5. The Labute approximate surface area is 88.5 Å². The van der Waals surface area contributed by atoms with Crippen molar-refractivity contribution in [3.63, 3.8) is 0 Å². The van der Waals surface area contributed by atoms with Crippen LogP contribution in [0.1, 0.15) is 0 Å². The number of nitro groups is 1. The first-order chi connectivity index (χ1) is 6.06. The number of nitrogens with zero attached hydrogens (tertiary/aromatic N) is 1. The van der Waals surface area contributed by atoms with E-state index in [2.05, 4.69) is 15.9 Å². The number of hydrogen-bond donors (Lipinski definition) is 0. The molecule has 0 fully saturated rings. The minimum atomic E-state index is -0.510. The van der Waals surface area contributed by atoms with Crippen LogP contribution in [0.25, 0.3) is 0 Å². The van der Waals surface area contributed by atoms with Crippen molar-refractivity contribution in [1.29, 1.82) is 0 Å². The summed E-state index contributed by atoms with van der Waals surface area (Å²) in [5.41, 5.74) is -0.0850. The third-order valence-corrected chi connectivity index (χ3v) is 3.14.